The Morgan fingerprint density at radius 3 is 0.222 bits per heavy atom. The van der Waals surface area contributed by atoms with Crippen LogP contribution in [0.15, 0.2) is 0 Å². The predicted molar refractivity (Wildman–Crippen MR) is 160 cm³/mol. The third-order valence-corrected chi connectivity index (χ3v) is 0. The molecule has 0 rings (SSSR count). The van der Waals surface area contributed by atoms with Gasteiger partial charge in [0.25, 0.3) is 0 Å². The fraction of sp³-hybridized carbons (Fsp3) is 1.00. The Kier molecular flexibility index (Phi) is 156. The topological polar surface area (TPSA) is 137 Å². The summed E-state index contributed by atoms with van der Waals surface area (Å²) in [5, 5.41) is 0. The minimum Gasteiger partial charge on any atom is -1.00 e. The van der Waals surface area contributed by atoms with Crippen molar-refractivity contribution >= 4 is 86.4 Å². The van der Waals surface area contributed by atoms with Crippen LogP contribution in [0.5, 0.6) is 0 Å². The first-order chi connectivity index (χ1) is 13.9. The summed E-state index contributed by atoms with van der Waals surface area (Å²) in [6.45, 7) is 0. The van der Waals surface area contributed by atoms with Crippen LogP contribution >= 0.6 is 0 Å². The summed E-state index contributed by atoms with van der Waals surface area (Å²) in [6, 6.07) is 0. The summed E-state index contributed by atoms with van der Waals surface area (Å²) in [7, 11) is -4.89. The standard InChI is InChI=1S/8C2H6OS.3HI.Tb/c8*1-4(2)3;;;;/h8*1-2H3;3*1H;/q;;;;;;;;;;;+3/p-3. The quantitative estimate of drug-likeness (QED) is 0.219. The molecule has 0 amide bonds. The number of hydrogen-bond acceptors (Lipinski definition) is 8. The molecule has 0 N–H and O–H groups in total. The first-order valence-corrected chi connectivity index (χ1v) is 23.6. The molecule has 0 heterocycles. The molecule has 0 saturated heterocycles. The molecule has 0 spiro atoms. The molecule has 0 radical (unpaired) electrons. The van der Waals surface area contributed by atoms with Crippen LogP contribution in [0, 0.1) is 38.6 Å². The minimum absolute atomic E-state index is 0. The normalized spacial score (nSPS) is 7.78. The van der Waals surface area contributed by atoms with Crippen molar-refractivity contribution in [3.63, 3.8) is 0 Å². The first kappa shape index (κ1) is 77.9. The van der Waals surface area contributed by atoms with Crippen molar-refractivity contribution < 1.29 is 144 Å². The van der Waals surface area contributed by atoms with Crippen LogP contribution in [0.1, 0.15) is 0 Å². The molecule has 0 aromatic heterocycles. The van der Waals surface area contributed by atoms with Crippen molar-refractivity contribution in [2.75, 3.05) is 100 Å². The van der Waals surface area contributed by atoms with E-state index in [2.05, 4.69) is 0 Å². The summed E-state index contributed by atoms with van der Waals surface area (Å²) in [6.07, 6.45) is 26.2. The first-order valence-electron chi connectivity index (χ1n) is 7.87. The van der Waals surface area contributed by atoms with Crippen LogP contribution in [0.25, 0.3) is 0 Å². The van der Waals surface area contributed by atoms with E-state index in [0.717, 1.165) is 0 Å². The minimum atomic E-state index is -0.611. The second-order valence-corrected chi connectivity index (χ2v) is 17.8. The SMILES string of the molecule is CS(C)=O.CS(C)=O.CS(C)=O.CS(C)=O.CS(C)=O.CS(C)=O.CS(C)=O.CS(C)=O.[I-].[I-].[I-].[Tb+3]. The van der Waals surface area contributed by atoms with E-state index >= 15 is 0 Å². The zero-order chi connectivity index (χ0) is 28.6. The molecular weight excluding hydrogens is 1120 g/mol. The molecule has 0 aromatic rings. The van der Waals surface area contributed by atoms with E-state index < -0.39 is 86.4 Å². The maximum absolute atomic E-state index is 9.56. The zero-order valence-electron chi connectivity index (χ0n) is 24.0. The van der Waals surface area contributed by atoms with Crippen LogP contribution in [-0.4, -0.2) is 134 Å². The monoisotopic (exact) mass is 1160 g/mol. The van der Waals surface area contributed by atoms with Gasteiger partial charge in [-0.3, -0.25) is 33.7 Å². The molecule has 0 aliphatic carbocycles. The van der Waals surface area contributed by atoms with Gasteiger partial charge < -0.3 is 71.9 Å². The molecule has 20 heteroatoms. The summed E-state index contributed by atoms with van der Waals surface area (Å²) in [5.74, 6) is 0. The van der Waals surface area contributed by atoms with Crippen LogP contribution in [-0.2, 0) is 86.4 Å². The molecule has 0 aliphatic rings. The molecule has 0 bridgehead atoms. The van der Waals surface area contributed by atoms with Crippen LogP contribution in [0.3, 0.4) is 0 Å². The van der Waals surface area contributed by atoms with Gasteiger partial charge in [-0.2, -0.15) is 0 Å². The van der Waals surface area contributed by atoms with E-state index in [0.29, 0.717) is 0 Å². The summed E-state index contributed by atoms with van der Waals surface area (Å²) in [4.78, 5) is 0. The maximum atomic E-state index is 9.56. The molecule has 0 aliphatic heterocycles. The Bertz CT molecular complexity index is 398. The van der Waals surface area contributed by atoms with Gasteiger partial charge in [0.2, 0.25) is 0 Å². The Labute approximate surface area is 325 Å². The second-order valence-electron chi connectivity index (χ2n) is 5.93. The second kappa shape index (κ2) is 72.2. The summed E-state index contributed by atoms with van der Waals surface area (Å²) in [5.41, 5.74) is 0. The fourth-order valence-electron chi connectivity index (χ4n) is 0. The Balaban J connectivity index is -0.0000000180. The van der Waals surface area contributed by atoms with Crippen molar-refractivity contribution in [1.82, 2.24) is 0 Å². The number of halogens is 3. The molecule has 238 valence electrons. The summed E-state index contributed by atoms with van der Waals surface area (Å²) < 4.78 is 76.4. The van der Waals surface area contributed by atoms with Gasteiger partial charge in [-0.05, 0) is 0 Å². The van der Waals surface area contributed by atoms with Crippen molar-refractivity contribution in [2.24, 2.45) is 0 Å². The number of hydrogen-bond donors (Lipinski definition) is 0. The van der Waals surface area contributed by atoms with E-state index in [1.54, 1.807) is 100 Å². The zero-order valence-corrected chi connectivity index (χ0v) is 39.1. The van der Waals surface area contributed by atoms with Crippen molar-refractivity contribution in [2.45, 2.75) is 0 Å². The van der Waals surface area contributed by atoms with Gasteiger partial charge in [0.1, 0.15) is 0 Å². The molecular formula is C16H48I3O8S8Tb. The maximum Gasteiger partial charge on any atom is 3.00 e. The van der Waals surface area contributed by atoms with E-state index in [1.165, 1.54) is 0 Å². The van der Waals surface area contributed by atoms with Crippen LogP contribution in [0.2, 0.25) is 0 Å². The van der Waals surface area contributed by atoms with Crippen molar-refractivity contribution in [3.8, 4) is 0 Å². The predicted octanol–water partition coefficient (Wildman–Crippen LogP) is -9.03. The van der Waals surface area contributed by atoms with Crippen molar-refractivity contribution in [3.05, 3.63) is 0 Å². The molecule has 36 heavy (non-hydrogen) atoms. The van der Waals surface area contributed by atoms with Crippen LogP contribution < -0.4 is 71.9 Å². The van der Waals surface area contributed by atoms with Crippen LogP contribution in [0.4, 0.5) is 0 Å². The Hall–Kier alpha value is 4.68. The van der Waals surface area contributed by atoms with E-state index in [1.807, 2.05) is 0 Å². The van der Waals surface area contributed by atoms with E-state index in [-0.39, 0.29) is 111 Å². The van der Waals surface area contributed by atoms with E-state index in [4.69, 9.17) is 0 Å². The van der Waals surface area contributed by atoms with Gasteiger partial charge in [0.05, 0.1) is 0 Å². The fourth-order valence-corrected chi connectivity index (χ4v) is 0. The molecule has 0 unspecified atom stereocenters. The Morgan fingerprint density at radius 1 is 0.222 bits per heavy atom. The average molecular weight is 1160 g/mol. The molecule has 0 saturated carbocycles. The third kappa shape index (κ3) is 2510. The van der Waals surface area contributed by atoms with E-state index in [9.17, 15) is 33.7 Å². The summed E-state index contributed by atoms with van der Waals surface area (Å²) >= 11 is 0. The van der Waals surface area contributed by atoms with Gasteiger partial charge in [-0.25, -0.2) is 0 Å². The molecule has 8 nitrogen and oxygen atoms in total. The van der Waals surface area contributed by atoms with Gasteiger partial charge in [-0.1, -0.05) is 0 Å². The van der Waals surface area contributed by atoms with Gasteiger partial charge >= 0.3 is 38.6 Å². The van der Waals surface area contributed by atoms with Crippen molar-refractivity contribution in [1.29, 1.82) is 0 Å². The average Bonchev–Trinajstić information content (AvgIpc) is 2.30. The Morgan fingerprint density at radius 2 is 0.222 bits per heavy atom. The third-order valence-electron chi connectivity index (χ3n) is 0. The van der Waals surface area contributed by atoms with Gasteiger partial charge in [-0.15, -0.1) is 0 Å². The van der Waals surface area contributed by atoms with Gasteiger partial charge in [0, 0.05) is 186 Å². The van der Waals surface area contributed by atoms with Gasteiger partial charge in [0.15, 0.2) is 0 Å². The smallest absolute Gasteiger partial charge is 1.00 e. The molecule has 0 fully saturated rings. The molecule has 0 aromatic carbocycles. The number of rotatable bonds is 0. The molecule has 0 atom stereocenters. The largest absolute Gasteiger partial charge is 3.00 e.